The van der Waals surface area contributed by atoms with Crippen LogP contribution in [0.3, 0.4) is 0 Å². The van der Waals surface area contributed by atoms with Gasteiger partial charge in [-0.2, -0.15) is 0 Å². The summed E-state index contributed by atoms with van der Waals surface area (Å²) in [5.41, 5.74) is 2.41. The van der Waals surface area contributed by atoms with Crippen LogP contribution in [0.1, 0.15) is 38.4 Å². The fourth-order valence-corrected chi connectivity index (χ4v) is 2.52. The molecule has 1 aromatic heterocycles. The molecule has 1 fully saturated rings. The second kappa shape index (κ2) is 5.50. The van der Waals surface area contributed by atoms with Crippen LogP contribution < -0.4 is 10.2 Å². The van der Waals surface area contributed by atoms with Crippen molar-refractivity contribution in [1.82, 2.24) is 10.3 Å². The van der Waals surface area contributed by atoms with E-state index in [1.807, 2.05) is 13.2 Å². The van der Waals surface area contributed by atoms with Crippen LogP contribution in [-0.4, -0.2) is 25.1 Å². The van der Waals surface area contributed by atoms with Gasteiger partial charge in [0.2, 0.25) is 0 Å². The molecule has 17 heavy (non-hydrogen) atoms. The Morgan fingerprint density at radius 1 is 1.53 bits per heavy atom. The Hall–Kier alpha value is -1.09. The third-order valence-electron chi connectivity index (χ3n) is 3.67. The lowest BCUT2D eigenvalue weighted by atomic mass is 10.1. The molecule has 1 aliphatic heterocycles. The summed E-state index contributed by atoms with van der Waals surface area (Å²) in [4.78, 5) is 7.02. The molecule has 2 rings (SSSR count). The maximum Gasteiger partial charge on any atom is 0.0574 e. The minimum absolute atomic E-state index is 0.376. The minimum Gasteiger partial charge on any atom is -0.370 e. The number of hydrogen-bond acceptors (Lipinski definition) is 3. The summed E-state index contributed by atoms with van der Waals surface area (Å²) in [5.74, 6) is 0.815. The number of aromatic nitrogens is 1. The van der Waals surface area contributed by atoms with Crippen LogP contribution in [0.15, 0.2) is 18.3 Å². The second-order valence-corrected chi connectivity index (χ2v) is 5.03. The van der Waals surface area contributed by atoms with E-state index in [2.05, 4.69) is 41.2 Å². The highest BCUT2D eigenvalue weighted by Crippen LogP contribution is 2.24. The van der Waals surface area contributed by atoms with Crippen LogP contribution in [0.25, 0.3) is 0 Å². The molecule has 1 aromatic rings. The average Bonchev–Trinajstić information content (AvgIpc) is 2.78. The number of nitrogens with zero attached hydrogens (tertiary/aromatic N) is 2. The van der Waals surface area contributed by atoms with Crippen molar-refractivity contribution in [3.8, 4) is 0 Å². The van der Waals surface area contributed by atoms with Gasteiger partial charge in [-0.15, -0.1) is 0 Å². The van der Waals surface area contributed by atoms with Gasteiger partial charge < -0.3 is 10.2 Å². The molecule has 0 amide bonds. The van der Waals surface area contributed by atoms with Crippen LogP contribution in [0.2, 0.25) is 0 Å². The van der Waals surface area contributed by atoms with Gasteiger partial charge in [0.15, 0.2) is 0 Å². The topological polar surface area (TPSA) is 28.2 Å². The van der Waals surface area contributed by atoms with Crippen molar-refractivity contribution in [2.45, 2.75) is 32.7 Å². The quantitative estimate of drug-likeness (QED) is 0.866. The van der Waals surface area contributed by atoms with E-state index in [0.717, 1.165) is 18.0 Å². The lowest BCUT2D eigenvalue weighted by Gasteiger charge is -2.19. The molecule has 1 N–H and O–H groups in total. The van der Waals surface area contributed by atoms with E-state index in [1.54, 1.807) is 0 Å². The first-order valence-corrected chi connectivity index (χ1v) is 6.62. The Bertz CT molecular complexity index is 343. The van der Waals surface area contributed by atoms with Crippen LogP contribution in [0, 0.1) is 5.92 Å². The molecule has 3 heteroatoms. The molecule has 0 aliphatic carbocycles. The zero-order valence-electron chi connectivity index (χ0n) is 11.1. The molecule has 94 valence electrons. The molecule has 2 heterocycles. The first kappa shape index (κ1) is 12.4. The van der Waals surface area contributed by atoms with E-state index < -0.39 is 0 Å². The van der Waals surface area contributed by atoms with Crippen molar-refractivity contribution in [3.63, 3.8) is 0 Å². The van der Waals surface area contributed by atoms with Crippen LogP contribution >= 0.6 is 0 Å². The number of nitrogens with one attached hydrogen (secondary N) is 1. The Balaban J connectivity index is 2.07. The van der Waals surface area contributed by atoms with E-state index in [-0.39, 0.29) is 0 Å². The standard InChI is InChI=1S/C14H23N3/c1-4-13(15-3)14-6-5-12(9-16-14)17-8-7-11(2)10-17/h5-6,9,11,13,15H,4,7-8,10H2,1-3H3. The molecule has 0 spiro atoms. The van der Waals surface area contributed by atoms with Crippen molar-refractivity contribution >= 4 is 5.69 Å². The van der Waals surface area contributed by atoms with Gasteiger partial charge in [0.1, 0.15) is 0 Å². The Morgan fingerprint density at radius 3 is 2.82 bits per heavy atom. The Morgan fingerprint density at radius 2 is 2.35 bits per heavy atom. The first-order valence-electron chi connectivity index (χ1n) is 6.62. The monoisotopic (exact) mass is 233 g/mol. The second-order valence-electron chi connectivity index (χ2n) is 5.03. The van der Waals surface area contributed by atoms with Gasteiger partial charge in [0.25, 0.3) is 0 Å². The summed E-state index contributed by atoms with van der Waals surface area (Å²) in [7, 11) is 1.99. The van der Waals surface area contributed by atoms with Crippen LogP contribution in [0.5, 0.6) is 0 Å². The van der Waals surface area contributed by atoms with E-state index in [0.29, 0.717) is 6.04 Å². The molecule has 0 bridgehead atoms. The average molecular weight is 233 g/mol. The number of rotatable bonds is 4. The van der Waals surface area contributed by atoms with Gasteiger partial charge in [-0.3, -0.25) is 4.98 Å². The van der Waals surface area contributed by atoms with Crippen molar-refractivity contribution < 1.29 is 0 Å². The molecule has 2 atom stereocenters. The molecule has 2 unspecified atom stereocenters. The molecule has 3 nitrogen and oxygen atoms in total. The van der Waals surface area contributed by atoms with Gasteiger partial charge in [-0.1, -0.05) is 13.8 Å². The largest absolute Gasteiger partial charge is 0.370 e. The number of pyridine rings is 1. The molecular formula is C14H23N3. The van der Waals surface area contributed by atoms with Crippen LogP contribution in [0.4, 0.5) is 5.69 Å². The smallest absolute Gasteiger partial charge is 0.0574 e. The van der Waals surface area contributed by atoms with Gasteiger partial charge in [-0.25, -0.2) is 0 Å². The summed E-state index contributed by atoms with van der Waals surface area (Å²) in [6, 6.07) is 4.74. The fourth-order valence-electron chi connectivity index (χ4n) is 2.52. The van der Waals surface area contributed by atoms with Crippen LogP contribution in [-0.2, 0) is 0 Å². The first-order chi connectivity index (χ1) is 8.24. The van der Waals surface area contributed by atoms with Gasteiger partial charge in [-0.05, 0) is 37.9 Å². The number of anilines is 1. The normalized spacial score (nSPS) is 21.8. The maximum absolute atomic E-state index is 4.59. The van der Waals surface area contributed by atoms with Crippen molar-refractivity contribution in [1.29, 1.82) is 0 Å². The summed E-state index contributed by atoms with van der Waals surface area (Å²) in [6.45, 7) is 6.84. The molecule has 0 aromatic carbocycles. The highest BCUT2D eigenvalue weighted by atomic mass is 15.2. The van der Waals surface area contributed by atoms with Crippen molar-refractivity contribution in [2.24, 2.45) is 5.92 Å². The Kier molecular flexibility index (Phi) is 4.00. The van der Waals surface area contributed by atoms with E-state index in [4.69, 9.17) is 0 Å². The highest BCUT2D eigenvalue weighted by molar-refractivity contribution is 5.45. The zero-order chi connectivity index (χ0) is 12.3. The van der Waals surface area contributed by atoms with E-state index in [9.17, 15) is 0 Å². The molecule has 1 saturated heterocycles. The predicted octanol–water partition coefficient (Wildman–Crippen LogP) is 2.60. The van der Waals surface area contributed by atoms with Crippen molar-refractivity contribution in [3.05, 3.63) is 24.0 Å². The Labute approximate surface area is 104 Å². The summed E-state index contributed by atoms with van der Waals surface area (Å²) in [5, 5.41) is 3.29. The minimum atomic E-state index is 0.376. The van der Waals surface area contributed by atoms with Crippen molar-refractivity contribution in [2.75, 3.05) is 25.0 Å². The van der Waals surface area contributed by atoms with Gasteiger partial charge in [0, 0.05) is 19.1 Å². The number of hydrogen-bond donors (Lipinski definition) is 1. The SMILES string of the molecule is CCC(NC)c1ccc(N2CCC(C)C2)cn1. The molecule has 0 radical (unpaired) electrons. The van der Waals surface area contributed by atoms with E-state index >= 15 is 0 Å². The predicted molar refractivity (Wildman–Crippen MR) is 72.3 cm³/mol. The maximum atomic E-state index is 4.59. The highest BCUT2D eigenvalue weighted by Gasteiger charge is 2.19. The third-order valence-corrected chi connectivity index (χ3v) is 3.67. The fraction of sp³-hybridized carbons (Fsp3) is 0.643. The third kappa shape index (κ3) is 2.78. The lowest BCUT2D eigenvalue weighted by molar-refractivity contribution is 0.561. The van der Waals surface area contributed by atoms with E-state index in [1.165, 1.54) is 25.2 Å². The van der Waals surface area contributed by atoms with Gasteiger partial charge in [0.05, 0.1) is 17.6 Å². The molecular weight excluding hydrogens is 210 g/mol. The zero-order valence-corrected chi connectivity index (χ0v) is 11.1. The van der Waals surface area contributed by atoms with Gasteiger partial charge >= 0.3 is 0 Å². The summed E-state index contributed by atoms with van der Waals surface area (Å²) < 4.78 is 0. The molecule has 0 saturated carbocycles. The summed E-state index contributed by atoms with van der Waals surface area (Å²) in [6.07, 6.45) is 4.40. The molecule has 1 aliphatic rings. The lowest BCUT2D eigenvalue weighted by Crippen LogP contribution is -2.20. The summed E-state index contributed by atoms with van der Waals surface area (Å²) >= 11 is 0.